The molecule has 3 aromatic rings. The molecule has 1 saturated heterocycles. The standard InChI is InChI=1S/C26H21ClN2O3S/c1-4-13-28-25(30)24(33-26(28)31)15-20-14-17(2)29(18(20)3)22-9-11-23(12-10-22)32-16-19-5-7-21(27)8-6-19/h1,5-12,14-15H,13,16H2,2-3H3. The largest absolute Gasteiger partial charge is 0.489 e. The van der Waals surface area contributed by atoms with Gasteiger partial charge in [0.05, 0.1) is 11.4 Å². The van der Waals surface area contributed by atoms with E-state index in [9.17, 15) is 9.59 Å². The van der Waals surface area contributed by atoms with Crippen LogP contribution in [0.5, 0.6) is 5.75 Å². The van der Waals surface area contributed by atoms with E-state index in [0.717, 1.165) is 50.6 Å². The van der Waals surface area contributed by atoms with Gasteiger partial charge in [0, 0.05) is 22.1 Å². The maximum absolute atomic E-state index is 12.5. The van der Waals surface area contributed by atoms with Gasteiger partial charge in [-0.25, -0.2) is 0 Å². The third kappa shape index (κ3) is 4.85. The van der Waals surface area contributed by atoms with E-state index in [-0.39, 0.29) is 17.7 Å². The number of hydrogen-bond donors (Lipinski definition) is 0. The highest BCUT2D eigenvalue weighted by atomic mass is 35.5. The molecule has 0 bridgehead atoms. The van der Waals surface area contributed by atoms with E-state index in [1.165, 1.54) is 0 Å². The minimum Gasteiger partial charge on any atom is -0.489 e. The van der Waals surface area contributed by atoms with Crippen molar-refractivity contribution in [2.75, 3.05) is 6.54 Å². The van der Waals surface area contributed by atoms with E-state index in [4.69, 9.17) is 22.8 Å². The number of nitrogens with zero attached hydrogens (tertiary/aromatic N) is 2. The van der Waals surface area contributed by atoms with Gasteiger partial charge >= 0.3 is 0 Å². The summed E-state index contributed by atoms with van der Waals surface area (Å²) in [5.41, 5.74) is 4.87. The topological polar surface area (TPSA) is 51.5 Å². The lowest BCUT2D eigenvalue weighted by molar-refractivity contribution is -0.122. The molecule has 4 rings (SSSR count). The summed E-state index contributed by atoms with van der Waals surface area (Å²) < 4.78 is 7.97. The number of halogens is 1. The van der Waals surface area contributed by atoms with E-state index in [2.05, 4.69) is 10.5 Å². The van der Waals surface area contributed by atoms with Crippen molar-refractivity contribution in [3.05, 3.63) is 87.0 Å². The first-order chi connectivity index (χ1) is 15.9. The minimum atomic E-state index is -0.352. The van der Waals surface area contributed by atoms with Crippen LogP contribution in [0.25, 0.3) is 11.8 Å². The molecule has 1 fully saturated rings. The van der Waals surface area contributed by atoms with Crippen LogP contribution in [0.1, 0.15) is 22.5 Å². The van der Waals surface area contributed by atoms with E-state index >= 15 is 0 Å². The highest BCUT2D eigenvalue weighted by molar-refractivity contribution is 8.18. The summed E-state index contributed by atoms with van der Waals surface area (Å²) in [5.74, 6) is 2.76. The first kappa shape index (κ1) is 22.8. The number of aromatic nitrogens is 1. The molecular formula is C26H21ClN2O3S. The van der Waals surface area contributed by atoms with Gasteiger partial charge in [0.25, 0.3) is 11.1 Å². The van der Waals surface area contributed by atoms with Crippen LogP contribution in [0, 0.1) is 26.2 Å². The Morgan fingerprint density at radius 1 is 1.09 bits per heavy atom. The second-order valence-electron chi connectivity index (χ2n) is 7.54. The van der Waals surface area contributed by atoms with Crippen LogP contribution in [0.15, 0.2) is 59.5 Å². The Morgan fingerprint density at radius 3 is 2.45 bits per heavy atom. The normalized spacial score (nSPS) is 14.7. The molecule has 0 N–H and O–H groups in total. The quantitative estimate of drug-likeness (QED) is 0.323. The van der Waals surface area contributed by atoms with Crippen LogP contribution in [-0.2, 0) is 11.4 Å². The Bertz CT molecular complexity index is 1280. The first-order valence-electron chi connectivity index (χ1n) is 10.2. The zero-order valence-corrected chi connectivity index (χ0v) is 19.7. The van der Waals surface area contributed by atoms with Gasteiger partial charge in [0.2, 0.25) is 0 Å². The molecule has 0 saturated carbocycles. The summed E-state index contributed by atoms with van der Waals surface area (Å²) in [6.45, 7) is 4.42. The number of aryl methyl sites for hydroxylation is 1. The minimum absolute atomic E-state index is 0.0204. The molecule has 1 aliphatic rings. The van der Waals surface area contributed by atoms with Crippen molar-refractivity contribution in [2.24, 2.45) is 0 Å². The number of benzene rings is 2. The van der Waals surface area contributed by atoms with Crippen molar-refractivity contribution in [3.8, 4) is 23.8 Å². The molecule has 166 valence electrons. The number of imide groups is 1. The zero-order valence-electron chi connectivity index (χ0n) is 18.2. The first-order valence-corrected chi connectivity index (χ1v) is 11.4. The van der Waals surface area contributed by atoms with Crippen molar-refractivity contribution < 1.29 is 14.3 Å². The number of terminal acetylenes is 1. The SMILES string of the molecule is C#CCN1C(=O)SC(=Cc2cc(C)n(-c3ccc(OCc4ccc(Cl)cc4)cc3)c2C)C1=O. The predicted octanol–water partition coefficient (Wildman–Crippen LogP) is 6.00. The van der Waals surface area contributed by atoms with Gasteiger partial charge in [-0.1, -0.05) is 29.7 Å². The summed E-state index contributed by atoms with van der Waals surface area (Å²) in [4.78, 5) is 26.0. The van der Waals surface area contributed by atoms with E-state index in [1.54, 1.807) is 6.08 Å². The molecule has 1 aliphatic heterocycles. The van der Waals surface area contributed by atoms with Gasteiger partial charge in [-0.15, -0.1) is 6.42 Å². The van der Waals surface area contributed by atoms with Gasteiger partial charge < -0.3 is 9.30 Å². The smallest absolute Gasteiger partial charge is 0.294 e. The van der Waals surface area contributed by atoms with Crippen molar-refractivity contribution in [2.45, 2.75) is 20.5 Å². The van der Waals surface area contributed by atoms with Crippen LogP contribution in [0.4, 0.5) is 4.79 Å². The molecule has 0 spiro atoms. The lowest BCUT2D eigenvalue weighted by atomic mass is 10.2. The Morgan fingerprint density at radius 2 is 1.79 bits per heavy atom. The van der Waals surface area contributed by atoms with E-state index in [1.807, 2.05) is 68.4 Å². The summed E-state index contributed by atoms with van der Waals surface area (Å²) in [7, 11) is 0. The Labute approximate surface area is 202 Å². The van der Waals surface area contributed by atoms with Crippen molar-refractivity contribution in [3.63, 3.8) is 0 Å². The predicted molar refractivity (Wildman–Crippen MR) is 133 cm³/mol. The number of rotatable bonds is 6. The van der Waals surface area contributed by atoms with Gasteiger partial charge in [0.15, 0.2) is 0 Å². The summed E-state index contributed by atoms with van der Waals surface area (Å²) in [6, 6.07) is 17.4. The molecular weight excluding hydrogens is 456 g/mol. The molecule has 0 unspecified atom stereocenters. The molecule has 2 heterocycles. The maximum atomic E-state index is 12.5. The zero-order chi connectivity index (χ0) is 23.5. The number of hydrogen-bond acceptors (Lipinski definition) is 4. The average Bonchev–Trinajstić information content (AvgIpc) is 3.23. The van der Waals surface area contributed by atoms with Crippen LogP contribution >= 0.6 is 23.4 Å². The number of ether oxygens (including phenoxy) is 1. The Hall–Kier alpha value is -3.40. The lowest BCUT2D eigenvalue weighted by Gasteiger charge is -2.12. The summed E-state index contributed by atoms with van der Waals surface area (Å²) in [6.07, 6.45) is 7.02. The second-order valence-corrected chi connectivity index (χ2v) is 8.97. The molecule has 0 radical (unpaired) electrons. The highest BCUT2D eigenvalue weighted by Gasteiger charge is 2.34. The van der Waals surface area contributed by atoms with Gasteiger partial charge in [0.1, 0.15) is 12.4 Å². The van der Waals surface area contributed by atoms with E-state index in [0.29, 0.717) is 16.5 Å². The molecule has 33 heavy (non-hydrogen) atoms. The molecule has 7 heteroatoms. The monoisotopic (exact) mass is 476 g/mol. The molecule has 1 aromatic heterocycles. The third-order valence-corrected chi connectivity index (χ3v) is 6.45. The highest BCUT2D eigenvalue weighted by Crippen LogP contribution is 2.33. The molecule has 2 amide bonds. The van der Waals surface area contributed by atoms with Crippen LogP contribution in [-0.4, -0.2) is 27.2 Å². The number of thioether (sulfide) groups is 1. The second kappa shape index (κ2) is 9.62. The van der Waals surface area contributed by atoms with Crippen LogP contribution in [0.3, 0.4) is 0 Å². The Kier molecular flexibility index (Phi) is 6.64. The van der Waals surface area contributed by atoms with Crippen molar-refractivity contribution >= 4 is 40.6 Å². The fourth-order valence-corrected chi connectivity index (χ4v) is 4.59. The van der Waals surface area contributed by atoms with Crippen molar-refractivity contribution in [1.29, 1.82) is 0 Å². The summed E-state index contributed by atoms with van der Waals surface area (Å²) >= 11 is 6.84. The number of carbonyl (C=O) groups is 2. The summed E-state index contributed by atoms with van der Waals surface area (Å²) in [5, 5.41) is 0.357. The third-order valence-electron chi connectivity index (χ3n) is 5.29. The number of amides is 2. The van der Waals surface area contributed by atoms with E-state index < -0.39 is 0 Å². The lowest BCUT2D eigenvalue weighted by Crippen LogP contribution is -2.28. The maximum Gasteiger partial charge on any atom is 0.294 e. The van der Waals surface area contributed by atoms with Gasteiger partial charge in [-0.3, -0.25) is 14.5 Å². The fraction of sp³-hybridized carbons (Fsp3) is 0.154. The molecule has 2 aromatic carbocycles. The van der Waals surface area contributed by atoms with Gasteiger partial charge in [-0.2, -0.15) is 0 Å². The van der Waals surface area contributed by atoms with Crippen molar-refractivity contribution in [1.82, 2.24) is 9.47 Å². The average molecular weight is 477 g/mol. The van der Waals surface area contributed by atoms with Gasteiger partial charge in [-0.05, 0) is 85.3 Å². The van der Waals surface area contributed by atoms with Crippen LogP contribution in [0.2, 0.25) is 5.02 Å². The fourth-order valence-electron chi connectivity index (χ4n) is 3.64. The van der Waals surface area contributed by atoms with Crippen LogP contribution < -0.4 is 4.74 Å². The number of carbonyl (C=O) groups excluding carboxylic acids is 2. The molecule has 5 nitrogen and oxygen atoms in total. The Balaban J connectivity index is 1.52. The molecule has 0 atom stereocenters. The molecule has 0 aliphatic carbocycles.